The molecule has 0 saturated heterocycles. The molecule has 1 aliphatic heterocycles. The Hall–Kier alpha value is -4.47. The van der Waals surface area contributed by atoms with Crippen LogP contribution in [0.15, 0.2) is 54.9 Å². The summed E-state index contributed by atoms with van der Waals surface area (Å²) in [5.41, 5.74) is 3.45. The quantitative estimate of drug-likeness (QED) is 0.394. The molecule has 1 aliphatic rings. The lowest BCUT2D eigenvalue weighted by Gasteiger charge is -2.19. The summed E-state index contributed by atoms with van der Waals surface area (Å²) >= 11 is 0. The number of nitrogens with one attached hydrogen (secondary N) is 1. The average Bonchev–Trinajstić information content (AvgIpc) is 3.52. The molecule has 0 spiro atoms. The first kappa shape index (κ1) is 22.0. The topological polar surface area (TPSA) is 108 Å². The summed E-state index contributed by atoms with van der Waals surface area (Å²) in [6, 6.07) is 13.3. The molecule has 0 fully saturated rings. The predicted molar refractivity (Wildman–Crippen MR) is 133 cm³/mol. The third-order valence-corrected chi connectivity index (χ3v) is 6.16. The van der Waals surface area contributed by atoms with Gasteiger partial charge in [0.1, 0.15) is 19.0 Å². The summed E-state index contributed by atoms with van der Waals surface area (Å²) < 4.78 is 15.2. The van der Waals surface area contributed by atoms with Gasteiger partial charge in [0.15, 0.2) is 22.8 Å². The smallest absolute Gasteiger partial charge is 0.252 e. The Labute approximate surface area is 206 Å². The maximum absolute atomic E-state index is 13.4. The SMILES string of the molecule is CC(C)n1ncc2c(C(=O)NCCc3nnc4ccccn34)cc(-c3ccc4c(c3)OCCO4)nc21. The van der Waals surface area contributed by atoms with Crippen LogP contribution in [0.4, 0.5) is 0 Å². The Morgan fingerprint density at radius 1 is 1.08 bits per heavy atom. The Bertz CT molecular complexity index is 1590. The standard InChI is InChI=1S/C26H25N7O3/c1-16(2)33-25-19(15-28-33)18(14-20(29-25)17-6-7-21-22(13-17)36-12-11-35-21)26(34)27-9-8-24-31-30-23-5-3-4-10-32(23)24/h3-7,10,13-16H,8-9,11-12H2,1-2H3,(H,27,34). The molecule has 0 saturated carbocycles. The van der Waals surface area contributed by atoms with Crippen molar-refractivity contribution in [1.29, 1.82) is 0 Å². The fraction of sp³-hybridized carbons (Fsp3) is 0.269. The number of fused-ring (bicyclic) bond motifs is 3. The maximum atomic E-state index is 13.4. The fourth-order valence-electron chi connectivity index (χ4n) is 4.38. The summed E-state index contributed by atoms with van der Waals surface area (Å²) in [6.07, 6.45) is 4.17. The molecular weight excluding hydrogens is 458 g/mol. The van der Waals surface area contributed by atoms with E-state index in [1.807, 2.05) is 71.6 Å². The third kappa shape index (κ3) is 3.90. The number of hydrogen-bond donors (Lipinski definition) is 1. The molecule has 0 bridgehead atoms. The second-order valence-corrected chi connectivity index (χ2v) is 8.88. The Balaban J connectivity index is 1.32. The van der Waals surface area contributed by atoms with Crippen molar-refractivity contribution in [2.75, 3.05) is 19.8 Å². The van der Waals surface area contributed by atoms with E-state index in [0.717, 1.165) is 17.0 Å². The highest BCUT2D eigenvalue weighted by atomic mass is 16.6. The number of amides is 1. The van der Waals surface area contributed by atoms with Gasteiger partial charge in [-0.05, 0) is 50.2 Å². The van der Waals surface area contributed by atoms with Crippen LogP contribution in [0.1, 0.15) is 36.1 Å². The van der Waals surface area contributed by atoms with Crippen LogP contribution in [0.3, 0.4) is 0 Å². The lowest BCUT2D eigenvalue weighted by molar-refractivity contribution is 0.0955. The van der Waals surface area contributed by atoms with Crippen molar-refractivity contribution in [2.45, 2.75) is 26.3 Å². The number of ether oxygens (including phenoxy) is 2. The zero-order chi connectivity index (χ0) is 24.6. The lowest BCUT2D eigenvalue weighted by Crippen LogP contribution is -2.26. The third-order valence-electron chi connectivity index (χ3n) is 6.16. The van der Waals surface area contributed by atoms with Crippen LogP contribution >= 0.6 is 0 Å². The van der Waals surface area contributed by atoms with E-state index in [9.17, 15) is 4.79 Å². The van der Waals surface area contributed by atoms with Crippen molar-refractivity contribution in [3.05, 3.63) is 66.2 Å². The molecule has 0 aliphatic carbocycles. The lowest BCUT2D eigenvalue weighted by atomic mass is 10.1. The van der Waals surface area contributed by atoms with Gasteiger partial charge in [-0.3, -0.25) is 9.20 Å². The van der Waals surface area contributed by atoms with E-state index in [1.165, 1.54) is 0 Å². The van der Waals surface area contributed by atoms with Crippen molar-refractivity contribution in [1.82, 2.24) is 34.7 Å². The Morgan fingerprint density at radius 2 is 1.94 bits per heavy atom. The highest BCUT2D eigenvalue weighted by Gasteiger charge is 2.20. The van der Waals surface area contributed by atoms with Gasteiger partial charge in [0.25, 0.3) is 5.91 Å². The minimum Gasteiger partial charge on any atom is -0.486 e. The number of carbonyl (C=O) groups excluding carboxylic acids is 1. The molecule has 0 atom stereocenters. The molecule has 0 radical (unpaired) electrons. The second kappa shape index (κ2) is 8.95. The van der Waals surface area contributed by atoms with Crippen LogP contribution in [-0.4, -0.2) is 55.0 Å². The van der Waals surface area contributed by atoms with E-state index < -0.39 is 0 Å². The van der Waals surface area contributed by atoms with Crippen LogP contribution in [-0.2, 0) is 6.42 Å². The first-order valence-electron chi connectivity index (χ1n) is 11.9. The van der Waals surface area contributed by atoms with E-state index in [4.69, 9.17) is 14.5 Å². The summed E-state index contributed by atoms with van der Waals surface area (Å²) in [6.45, 7) is 5.51. The Kier molecular flexibility index (Phi) is 5.48. The van der Waals surface area contributed by atoms with Gasteiger partial charge in [-0.1, -0.05) is 6.07 Å². The molecule has 1 N–H and O–H groups in total. The molecule has 10 heteroatoms. The second-order valence-electron chi connectivity index (χ2n) is 8.88. The molecule has 1 aromatic carbocycles. The zero-order valence-corrected chi connectivity index (χ0v) is 20.0. The largest absolute Gasteiger partial charge is 0.486 e. The van der Waals surface area contributed by atoms with Gasteiger partial charge in [-0.15, -0.1) is 10.2 Å². The molecule has 10 nitrogen and oxygen atoms in total. The van der Waals surface area contributed by atoms with E-state index in [0.29, 0.717) is 60.0 Å². The van der Waals surface area contributed by atoms with Crippen LogP contribution in [0.2, 0.25) is 0 Å². The zero-order valence-electron chi connectivity index (χ0n) is 20.0. The fourth-order valence-corrected chi connectivity index (χ4v) is 4.38. The number of carbonyl (C=O) groups is 1. The van der Waals surface area contributed by atoms with Crippen molar-refractivity contribution in [3.8, 4) is 22.8 Å². The minimum absolute atomic E-state index is 0.0858. The predicted octanol–water partition coefficient (Wildman–Crippen LogP) is 3.47. The maximum Gasteiger partial charge on any atom is 0.252 e. The highest BCUT2D eigenvalue weighted by molar-refractivity contribution is 6.06. The van der Waals surface area contributed by atoms with E-state index in [1.54, 1.807) is 6.20 Å². The highest BCUT2D eigenvalue weighted by Crippen LogP contribution is 2.35. The number of pyridine rings is 2. The molecule has 0 unspecified atom stereocenters. The molecular formula is C26H25N7O3. The summed E-state index contributed by atoms with van der Waals surface area (Å²) in [7, 11) is 0. The van der Waals surface area contributed by atoms with Gasteiger partial charge in [-0.25, -0.2) is 9.67 Å². The molecule has 5 aromatic rings. The van der Waals surface area contributed by atoms with Crippen LogP contribution < -0.4 is 14.8 Å². The van der Waals surface area contributed by atoms with Gasteiger partial charge < -0.3 is 14.8 Å². The van der Waals surface area contributed by atoms with Gasteiger partial charge >= 0.3 is 0 Å². The van der Waals surface area contributed by atoms with Crippen molar-refractivity contribution < 1.29 is 14.3 Å². The number of nitrogens with zero attached hydrogens (tertiary/aromatic N) is 6. The summed E-state index contributed by atoms with van der Waals surface area (Å²) in [5, 5.41) is 16.7. The monoisotopic (exact) mass is 483 g/mol. The molecule has 1 amide bonds. The van der Waals surface area contributed by atoms with Crippen molar-refractivity contribution >= 4 is 22.6 Å². The van der Waals surface area contributed by atoms with Gasteiger partial charge in [0.2, 0.25) is 0 Å². The summed E-state index contributed by atoms with van der Waals surface area (Å²) in [5.74, 6) is 1.97. The van der Waals surface area contributed by atoms with E-state index in [2.05, 4.69) is 20.6 Å². The first-order valence-corrected chi connectivity index (χ1v) is 11.9. The normalized spacial score (nSPS) is 13.0. The van der Waals surface area contributed by atoms with Crippen LogP contribution in [0.25, 0.3) is 27.9 Å². The number of rotatable bonds is 6. The average molecular weight is 484 g/mol. The molecule has 36 heavy (non-hydrogen) atoms. The minimum atomic E-state index is -0.196. The van der Waals surface area contributed by atoms with Crippen molar-refractivity contribution in [3.63, 3.8) is 0 Å². The molecule has 6 rings (SSSR count). The van der Waals surface area contributed by atoms with Gasteiger partial charge in [-0.2, -0.15) is 5.10 Å². The van der Waals surface area contributed by atoms with Gasteiger partial charge in [0.05, 0.1) is 22.8 Å². The first-order chi connectivity index (χ1) is 17.6. The Morgan fingerprint density at radius 3 is 2.81 bits per heavy atom. The number of benzene rings is 1. The number of aromatic nitrogens is 6. The molecule has 182 valence electrons. The molecule has 5 heterocycles. The molecule has 4 aromatic heterocycles. The van der Waals surface area contributed by atoms with Crippen LogP contribution in [0, 0.1) is 0 Å². The van der Waals surface area contributed by atoms with Crippen LogP contribution in [0.5, 0.6) is 11.5 Å². The van der Waals surface area contributed by atoms with E-state index in [-0.39, 0.29) is 11.9 Å². The summed E-state index contributed by atoms with van der Waals surface area (Å²) in [4.78, 5) is 18.3. The van der Waals surface area contributed by atoms with E-state index >= 15 is 0 Å². The van der Waals surface area contributed by atoms with Gasteiger partial charge in [0, 0.05) is 30.8 Å². The van der Waals surface area contributed by atoms with Crippen molar-refractivity contribution in [2.24, 2.45) is 0 Å². The number of hydrogen-bond acceptors (Lipinski definition) is 7.